The van der Waals surface area contributed by atoms with Gasteiger partial charge in [-0.2, -0.15) is 0 Å². The Balaban J connectivity index is 2.56. The summed E-state index contributed by atoms with van der Waals surface area (Å²) in [4.78, 5) is 11.3. The predicted octanol–water partition coefficient (Wildman–Crippen LogP) is 2.67. The van der Waals surface area contributed by atoms with Gasteiger partial charge in [-0.25, -0.2) is 0 Å². The fraction of sp³-hybridized carbons (Fsp3) is 0.462. The zero-order valence-corrected chi connectivity index (χ0v) is 11.9. The van der Waals surface area contributed by atoms with E-state index in [1.165, 1.54) is 0 Å². The normalized spacial score (nSPS) is 12.3. The Morgan fingerprint density at radius 1 is 1.33 bits per heavy atom. The Kier molecular flexibility index (Phi) is 6.93. The van der Waals surface area contributed by atoms with Crippen molar-refractivity contribution >= 4 is 21.9 Å². The van der Waals surface area contributed by atoms with E-state index in [2.05, 4.69) is 15.9 Å². The first kappa shape index (κ1) is 15.1. The Bertz CT molecular complexity index is 381. The second-order valence-electron chi connectivity index (χ2n) is 3.81. The third-order valence-electron chi connectivity index (χ3n) is 2.56. The molecule has 1 aromatic rings. The van der Waals surface area contributed by atoms with Crippen LogP contribution in [0.1, 0.15) is 17.9 Å². The van der Waals surface area contributed by atoms with Gasteiger partial charge in [0.1, 0.15) is 0 Å². The lowest BCUT2D eigenvalue weighted by molar-refractivity contribution is -0.139. The van der Waals surface area contributed by atoms with Gasteiger partial charge in [0.2, 0.25) is 0 Å². The van der Waals surface area contributed by atoms with E-state index in [1.807, 2.05) is 24.3 Å². The average Bonchev–Trinajstić information content (AvgIpc) is 2.35. The highest BCUT2D eigenvalue weighted by atomic mass is 79.9. The quantitative estimate of drug-likeness (QED) is 0.749. The number of hydrogen-bond donors (Lipinski definition) is 1. The number of rotatable bonds is 8. The Hall–Kier alpha value is -0.910. The molecule has 0 fully saturated rings. The van der Waals surface area contributed by atoms with Crippen molar-refractivity contribution in [2.75, 3.05) is 26.9 Å². The second-order valence-corrected chi connectivity index (χ2v) is 4.66. The molecule has 1 atom stereocenters. The van der Waals surface area contributed by atoms with Crippen LogP contribution in [0.25, 0.3) is 0 Å². The highest BCUT2D eigenvalue weighted by Crippen LogP contribution is 2.27. The molecule has 0 aliphatic heterocycles. The molecule has 18 heavy (non-hydrogen) atoms. The minimum Gasteiger partial charge on any atom is -0.481 e. The van der Waals surface area contributed by atoms with Crippen molar-refractivity contribution < 1.29 is 19.4 Å². The number of methoxy groups -OCH3 is 1. The molecule has 0 spiro atoms. The fourth-order valence-electron chi connectivity index (χ4n) is 1.62. The molecule has 100 valence electrons. The van der Waals surface area contributed by atoms with E-state index < -0.39 is 11.9 Å². The van der Waals surface area contributed by atoms with Crippen molar-refractivity contribution in [3.05, 3.63) is 34.3 Å². The lowest BCUT2D eigenvalue weighted by atomic mass is 9.96. The molecule has 0 bridgehead atoms. The van der Waals surface area contributed by atoms with E-state index in [1.54, 1.807) is 7.11 Å². The molecule has 0 heterocycles. The van der Waals surface area contributed by atoms with Crippen molar-refractivity contribution in [3.8, 4) is 0 Å². The number of aliphatic carboxylic acids is 1. The van der Waals surface area contributed by atoms with Gasteiger partial charge in [0.25, 0.3) is 0 Å². The lowest BCUT2D eigenvalue weighted by Gasteiger charge is -2.14. The Labute approximate surface area is 115 Å². The van der Waals surface area contributed by atoms with Crippen LogP contribution in [0, 0.1) is 0 Å². The third-order valence-corrected chi connectivity index (χ3v) is 3.28. The number of carbonyl (C=O) groups is 1. The zero-order valence-electron chi connectivity index (χ0n) is 10.3. The molecule has 0 aliphatic rings. The van der Waals surface area contributed by atoms with E-state index in [9.17, 15) is 9.90 Å². The van der Waals surface area contributed by atoms with Gasteiger partial charge in [-0.3, -0.25) is 4.79 Å². The summed E-state index contributed by atoms with van der Waals surface area (Å²) >= 11 is 3.37. The maximum atomic E-state index is 11.3. The first-order valence-corrected chi connectivity index (χ1v) is 6.50. The van der Waals surface area contributed by atoms with Gasteiger partial charge < -0.3 is 14.6 Å². The zero-order chi connectivity index (χ0) is 13.4. The summed E-state index contributed by atoms with van der Waals surface area (Å²) in [6, 6.07) is 7.36. The Morgan fingerprint density at radius 3 is 2.67 bits per heavy atom. The van der Waals surface area contributed by atoms with Crippen LogP contribution in [0.2, 0.25) is 0 Å². The van der Waals surface area contributed by atoms with Crippen LogP contribution in [-0.2, 0) is 14.3 Å². The predicted molar refractivity (Wildman–Crippen MR) is 71.8 cm³/mol. The average molecular weight is 317 g/mol. The van der Waals surface area contributed by atoms with E-state index in [0.717, 1.165) is 10.0 Å². The van der Waals surface area contributed by atoms with Crippen LogP contribution >= 0.6 is 15.9 Å². The van der Waals surface area contributed by atoms with Gasteiger partial charge in [0.15, 0.2) is 0 Å². The third kappa shape index (κ3) is 4.76. The summed E-state index contributed by atoms with van der Waals surface area (Å²) < 4.78 is 11.0. The van der Waals surface area contributed by atoms with Gasteiger partial charge in [0.05, 0.1) is 19.1 Å². The van der Waals surface area contributed by atoms with Crippen LogP contribution in [0.15, 0.2) is 28.7 Å². The monoisotopic (exact) mass is 316 g/mol. The number of benzene rings is 1. The van der Waals surface area contributed by atoms with Gasteiger partial charge in [-0.05, 0) is 18.1 Å². The van der Waals surface area contributed by atoms with Crippen LogP contribution in [0.5, 0.6) is 0 Å². The van der Waals surface area contributed by atoms with E-state index in [4.69, 9.17) is 9.47 Å². The molecule has 1 N–H and O–H groups in total. The SMILES string of the molecule is COCCOCCC(C(=O)O)c1ccccc1Br. The molecule has 0 radical (unpaired) electrons. The van der Waals surface area contributed by atoms with Crippen molar-refractivity contribution in [1.82, 2.24) is 0 Å². The van der Waals surface area contributed by atoms with Crippen molar-refractivity contribution in [3.63, 3.8) is 0 Å². The van der Waals surface area contributed by atoms with E-state index >= 15 is 0 Å². The van der Waals surface area contributed by atoms with Crippen LogP contribution in [0.4, 0.5) is 0 Å². The highest BCUT2D eigenvalue weighted by Gasteiger charge is 2.21. The van der Waals surface area contributed by atoms with Gasteiger partial charge in [-0.15, -0.1) is 0 Å². The molecule has 0 saturated carbocycles. The largest absolute Gasteiger partial charge is 0.481 e. The number of ether oxygens (including phenoxy) is 2. The van der Waals surface area contributed by atoms with Crippen LogP contribution in [0.3, 0.4) is 0 Å². The second kappa shape index (κ2) is 8.24. The molecule has 1 rings (SSSR count). The van der Waals surface area contributed by atoms with Crippen molar-refractivity contribution in [1.29, 1.82) is 0 Å². The summed E-state index contributed by atoms with van der Waals surface area (Å²) in [6.07, 6.45) is 0.446. The summed E-state index contributed by atoms with van der Waals surface area (Å²) in [7, 11) is 1.60. The molecule has 0 aliphatic carbocycles. The van der Waals surface area contributed by atoms with E-state index in [-0.39, 0.29) is 0 Å². The number of halogens is 1. The first-order valence-electron chi connectivity index (χ1n) is 5.70. The van der Waals surface area contributed by atoms with Gasteiger partial charge >= 0.3 is 5.97 Å². The minimum absolute atomic E-state index is 0.404. The highest BCUT2D eigenvalue weighted by molar-refractivity contribution is 9.10. The maximum Gasteiger partial charge on any atom is 0.311 e. The molecular formula is C13H17BrO4. The fourth-order valence-corrected chi connectivity index (χ4v) is 2.18. The topological polar surface area (TPSA) is 55.8 Å². The molecule has 1 aromatic carbocycles. The molecule has 4 nitrogen and oxygen atoms in total. The molecular weight excluding hydrogens is 300 g/mol. The van der Waals surface area contributed by atoms with Crippen LogP contribution < -0.4 is 0 Å². The summed E-state index contributed by atoms with van der Waals surface area (Å²) in [5.74, 6) is -1.39. The van der Waals surface area contributed by atoms with Crippen LogP contribution in [-0.4, -0.2) is 38.0 Å². The smallest absolute Gasteiger partial charge is 0.311 e. The molecule has 5 heteroatoms. The molecule has 1 unspecified atom stereocenters. The minimum atomic E-state index is -0.836. The maximum absolute atomic E-state index is 11.3. The summed E-state index contributed by atoms with van der Waals surface area (Å²) in [6.45, 7) is 1.41. The molecule has 0 saturated heterocycles. The number of hydrogen-bond acceptors (Lipinski definition) is 3. The Morgan fingerprint density at radius 2 is 2.06 bits per heavy atom. The van der Waals surface area contributed by atoms with E-state index in [0.29, 0.717) is 26.2 Å². The summed E-state index contributed by atoms with van der Waals surface area (Å²) in [5, 5.41) is 9.25. The van der Waals surface area contributed by atoms with Gasteiger partial charge in [0, 0.05) is 18.2 Å². The standard InChI is InChI=1S/C13H17BrO4/c1-17-8-9-18-7-6-11(13(15)16)10-4-2-3-5-12(10)14/h2-5,11H,6-9H2,1H3,(H,15,16). The van der Waals surface area contributed by atoms with Gasteiger partial charge in [-0.1, -0.05) is 34.1 Å². The number of carboxylic acids is 1. The summed E-state index contributed by atoms with van der Waals surface area (Å²) in [5.41, 5.74) is 0.778. The lowest BCUT2D eigenvalue weighted by Crippen LogP contribution is -2.15. The molecule has 0 amide bonds. The van der Waals surface area contributed by atoms with Crippen molar-refractivity contribution in [2.24, 2.45) is 0 Å². The first-order chi connectivity index (χ1) is 8.66. The number of carboxylic acid groups (broad SMARTS) is 1. The molecule has 0 aromatic heterocycles. The van der Waals surface area contributed by atoms with Crippen molar-refractivity contribution in [2.45, 2.75) is 12.3 Å².